The second-order valence-electron chi connectivity index (χ2n) is 10.6. The molecule has 1 aliphatic heterocycles. The van der Waals surface area contributed by atoms with E-state index in [9.17, 15) is 5.11 Å². The lowest BCUT2D eigenvalue weighted by atomic mass is 9.53. The van der Waals surface area contributed by atoms with Crippen molar-refractivity contribution in [2.45, 2.75) is 89.8 Å². The first-order valence-corrected chi connectivity index (χ1v) is 10.0. The summed E-state index contributed by atoms with van der Waals surface area (Å²) in [6.45, 7) is 6.74. The molecule has 1 heterocycles. The summed E-state index contributed by atoms with van der Waals surface area (Å²) in [5.74, 6) is 1.86. The van der Waals surface area contributed by atoms with Gasteiger partial charge in [0.05, 0.1) is 6.10 Å². The summed E-state index contributed by atoms with van der Waals surface area (Å²) in [6, 6.07) is 0. The van der Waals surface area contributed by atoms with Crippen LogP contribution in [-0.2, 0) is 14.5 Å². The minimum absolute atomic E-state index is 0.140. The van der Waals surface area contributed by atoms with Crippen LogP contribution in [0, 0.1) is 35.0 Å². The maximum Gasteiger partial charge on any atom is 0.210 e. The topological polar surface area (TPSA) is 47.9 Å². The van der Waals surface area contributed by atoms with E-state index < -0.39 is 11.6 Å². The fourth-order valence-electron chi connectivity index (χ4n) is 6.73. The molecule has 4 nitrogen and oxygen atoms in total. The van der Waals surface area contributed by atoms with E-state index in [0.717, 1.165) is 24.7 Å². The fourth-order valence-corrected chi connectivity index (χ4v) is 6.73. The molecule has 24 heavy (non-hydrogen) atoms. The lowest BCUT2D eigenvalue weighted by Crippen LogP contribution is -2.59. The summed E-state index contributed by atoms with van der Waals surface area (Å²) in [4.78, 5) is 12.1. The average Bonchev–Trinajstić information content (AvgIpc) is 2.82. The first-order chi connectivity index (χ1) is 11.3. The Hall–Kier alpha value is -0.160. The lowest BCUT2D eigenvalue weighted by Gasteiger charge is -2.57. The van der Waals surface area contributed by atoms with Crippen molar-refractivity contribution in [1.29, 1.82) is 0 Å². The summed E-state index contributed by atoms with van der Waals surface area (Å²) in [7, 11) is 0. The van der Waals surface area contributed by atoms with Crippen molar-refractivity contribution in [3.8, 4) is 0 Å². The van der Waals surface area contributed by atoms with Crippen LogP contribution in [0.3, 0.4) is 0 Å². The molecule has 6 fully saturated rings. The predicted octanol–water partition coefficient (Wildman–Crippen LogP) is 4.02. The summed E-state index contributed by atoms with van der Waals surface area (Å²) < 4.78 is 6.75. The minimum Gasteiger partial charge on any atom is -0.393 e. The van der Waals surface area contributed by atoms with E-state index in [2.05, 4.69) is 20.8 Å². The smallest absolute Gasteiger partial charge is 0.210 e. The Morgan fingerprint density at radius 2 is 1.46 bits per heavy atom. The van der Waals surface area contributed by atoms with Crippen molar-refractivity contribution in [3.05, 3.63) is 0 Å². The molecule has 5 aliphatic carbocycles. The molecule has 5 saturated carbocycles. The van der Waals surface area contributed by atoms with Gasteiger partial charge in [0.25, 0.3) is 0 Å². The highest BCUT2D eigenvalue weighted by atomic mass is 17.3. The second-order valence-corrected chi connectivity index (χ2v) is 10.6. The number of aliphatic hydroxyl groups is 1. The van der Waals surface area contributed by atoms with E-state index in [1.807, 2.05) is 0 Å². The first kappa shape index (κ1) is 16.0. The molecule has 1 saturated heterocycles. The summed E-state index contributed by atoms with van der Waals surface area (Å²) in [5, 5.41) is 10.5. The number of aliphatic hydroxyl groups excluding tert-OH is 1. The molecule has 6 rings (SSSR count). The SMILES string of the molecule is CC(C)(C)C1CC(O)CC2(C1)OOC1(O2)C2CC3CC(C2)CC1C3. The van der Waals surface area contributed by atoms with Gasteiger partial charge in [-0.15, -0.1) is 0 Å². The van der Waals surface area contributed by atoms with Gasteiger partial charge in [-0.3, -0.25) is 0 Å². The monoisotopic (exact) mass is 336 g/mol. The van der Waals surface area contributed by atoms with E-state index in [0.29, 0.717) is 24.2 Å². The quantitative estimate of drug-likeness (QED) is 0.679. The van der Waals surface area contributed by atoms with Crippen LogP contribution >= 0.6 is 0 Å². The van der Waals surface area contributed by atoms with Gasteiger partial charge < -0.3 is 9.84 Å². The zero-order valence-corrected chi connectivity index (χ0v) is 15.3. The van der Waals surface area contributed by atoms with Gasteiger partial charge in [-0.05, 0) is 61.7 Å². The van der Waals surface area contributed by atoms with Gasteiger partial charge in [0.2, 0.25) is 11.6 Å². The van der Waals surface area contributed by atoms with Gasteiger partial charge in [-0.25, -0.2) is 0 Å². The molecular formula is C20H32O4. The summed E-state index contributed by atoms with van der Waals surface area (Å²) in [6.07, 6.45) is 8.21. The van der Waals surface area contributed by atoms with Crippen LogP contribution in [0.25, 0.3) is 0 Å². The third-order valence-corrected chi connectivity index (χ3v) is 7.83. The molecule has 0 radical (unpaired) electrons. The third-order valence-electron chi connectivity index (χ3n) is 7.83. The molecule has 1 N–H and O–H groups in total. The third kappa shape index (κ3) is 2.26. The molecular weight excluding hydrogens is 304 g/mol. The van der Waals surface area contributed by atoms with E-state index in [-0.39, 0.29) is 11.5 Å². The van der Waals surface area contributed by atoms with Crippen LogP contribution < -0.4 is 0 Å². The predicted molar refractivity (Wildman–Crippen MR) is 88.6 cm³/mol. The maximum atomic E-state index is 10.5. The van der Waals surface area contributed by atoms with E-state index in [1.165, 1.54) is 32.1 Å². The molecule has 4 heteroatoms. The van der Waals surface area contributed by atoms with Crippen molar-refractivity contribution in [1.82, 2.24) is 0 Å². The highest BCUT2D eigenvalue weighted by Crippen LogP contribution is 2.64. The van der Waals surface area contributed by atoms with Crippen LogP contribution in [-0.4, -0.2) is 22.8 Å². The van der Waals surface area contributed by atoms with Crippen molar-refractivity contribution < 1.29 is 19.6 Å². The van der Waals surface area contributed by atoms with E-state index in [1.54, 1.807) is 0 Å². The van der Waals surface area contributed by atoms with Crippen molar-refractivity contribution in [2.75, 3.05) is 0 Å². The van der Waals surface area contributed by atoms with Gasteiger partial charge in [0, 0.05) is 24.7 Å². The lowest BCUT2D eigenvalue weighted by molar-refractivity contribution is -0.392. The minimum atomic E-state index is -0.731. The summed E-state index contributed by atoms with van der Waals surface area (Å²) in [5.41, 5.74) is 0.140. The number of rotatable bonds is 0. The first-order valence-electron chi connectivity index (χ1n) is 10.0. The molecule has 3 atom stereocenters. The zero-order chi connectivity index (χ0) is 16.7. The van der Waals surface area contributed by atoms with Gasteiger partial charge in [-0.1, -0.05) is 20.8 Å². The molecule has 2 spiro atoms. The van der Waals surface area contributed by atoms with Crippen LogP contribution in [0.4, 0.5) is 0 Å². The molecule has 0 aromatic heterocycles. The Labute approximate surface area is 145 Å². The molecule has 0 amide bonds. The van der Waals surface area contributed by atoms with Gasteiger partial charge in [-0.2, -0.15) is 9.78 Å². The Morgan fingerprint density at radius 3 is 2.04 bits per heavy atom. The largest absolute Gasteiger partial charge is 0.393 e. The van der Waals surface area contributed by atoms with Crippen LogP contribution in [0.2, 0.25) is 0 Å². The maximum absolute atomic E-state index is 10.5. The van der Waals surface area contributed by atoms with E-state index in [4.69, 9.17) is 14.5 Å². The second kappa shape index (κ2) is 4.97. The van der Waals surface area contributed by atoms with Gasteiger partial charge in [0.1, 0.15) is 0 Å². The van der Waals surface area contributed by atoms with Crippen molar-refractivity contribution >= 4 is 0 Å². The Balaban J connectivity index is 1.42. The number of hydrogen-bond donors (Lipinski definition) is 1. The zero-order valence-electron chi connectivity index (χ0n) is 15.3. The Morgan fingerprint density at radius 1 is 0.833 bits per heavy atom. The highest BCUT2D eigenvalue weighted by Gasteiger charge is 2.67. The highest BCUT2D eigenvalue weighted by molar-refractivity contribution is 5.06. The standard InChI is InChI=1S/C20H32O4/c1-18(2,3)16-9-17(21)11-19(10-16)22-20(24-23-19)14-5-12-4-13(7-14)8-15(20)6-12/h12-17,21H,4-11H2,1-3H3. The Kier molecular flexibility index (Phi) is 3.32. The normalized spacial score (nSPS) is 56.5. The molecule has 0 aromatic carbocycles. The molecule has 4 bridgehead atoms. The van der Waals surface area contributed by atoms with Gasteiger partial charge >= 0.3 is 0 Å². The van der Waals surface area contributed by atoms with Crippen LogP contribution in [0.5, 0.6) is 0 Å². The van der Waals surface area contributed by atoms with E-state index >= 15 is 0 Å². The van der Waals surface area contributed by atoms with Crippen molar-refractivity contribution in [2.24, 2.45) is 35.0 Å². The Bertz CT molecular complexity index is 496. The number of hydrogen-bond acceptors (Lipinski definition) is 4. The molecule has 0 aromatic rings. The summed E-state index contributed by atoms with van der Waals surface area (Å²) >= 11 is 0. The average molecular weight is 336 g/mol. The van der Waals surface area contributed by atoms with Crippen LogP contribution in [0.15, 0.2) is 0 Å². The van der Waals surface area contributed by atoms with Crippen LogP contribution in [0.1, 0.15) is 72.1 Å². The van der Waals surface area contributed by atoms with Crippen molar-refractivity contribution in [3.63, 3.8) is 0 Å². The molecule has 6 aliphatic rings. The fraction of sp³-hybridized carbons (Fsp3) is 1.00. The molecule has 3 unspecified atom stereocenters. The van der Waals surface area contributed by atoms with Gasteiger partial charge in [0.15, 0.2) is 0 Å². The number of ether oxygens (including phenoxy) is 1. The molecule has 136 valence electrons.